The highest BCUT2D eigenvalue weighted by molar-refractivity contribution is 5.90. The predicted molar refractivity (Wildman–Crippen MR) is 136 cm³/mol. The van der Waals surface area contributed by atoms with E-state index >= 15 is 0 Å². The van der Waals surface area contributed by atoms with Gasteiger partial charge >= 0.3 is 0 Å². The number of fused-ring (bicyclic) bond motifs is 1. The summed E-state index contributed by atoms with van der Waals surface area (Å²) in [6.45, 7) is 0.280. The Morgan fingerprint density at radius 3 is 2.39 bits per heavy atom. The molecule has 3 aromatic carbocycles. The van der Waals surface area contributed by atoms with Gasteiger partial charge in [0, 0.05) is 5.69 Å². The minimum Gasteiger partial charge on any atom is -0.497 e. The van der Waals surface area contributed by atoms with Crippen molar-refractivity contribution in [3.8, 4) is 17.2 Å². The summed E-state index contributed by atoms with van der Waals surface area (Å²) < 4.78 is 13.8. The largest absolute Gasteiger partial charge is 0.497 e. The van der Waals surface area contributed by atoms with Crippen LogP contribution in [0, 0.1) is 0 Å². The number of amides is 1. The highest BCUT2D eigenvalue weighted by atomic mass is 16.5. The molecule has 0 atom stereocenters. The highest BCUT2D eigenvalue weighted by Crippen LogP contribution is 2.19. The van der Waals surface area contributed by atoms with Gasteiger partial charge in [0.15, 0.2) is 5.65 Å². The molecule has 0 bridgehead atoms. The number of carbonyl (C=O) groups excluding carboxylic acids is 1. The van der Waals surface area contributed by atoms with Crippen molar-refractivity contribution in [3.63, 3.8) is 0 Å². The maximum absolute atomic E-state index is 12.9. The molecule has 0 spiro atoms. The molecule has 5 aromatic rings. The van der Waals surface area contributed by atoms with Crippen molar-refractivity contribution in [3.05, 3.63) is 107 Å². The van der Waals surface area contributed by atoms with Crippen LogP contribution in [0.25, 0.3) is 16.7 Å². The summed E-state index contributed by atoms with van der Waals surface area (Å²) >= 11 is 0. The number of nitrogens with one attached hydrogen (secondary N) is 1. The second-order valence-electron chi connectivity index (χ2n) is 8.02. The number of hydrogen-bond donors (Lipinski definition) is 1. The first-order valence-corrected chi connectivity index (χ1v) is 11.2. The molecular formula is C27H23N5O4. The van der Waals surface area contributed by atoms with Crippen molar-refractivity contribution in [2.75, 3.05) is 12.4 Å². The molecular weight excluding hydrogens is 458 g/mol. The van der Waals surface area contributed by atoms with Crippen molar-refractivity contribution in [2.45, 2.75) is 13.2 Å². The van der Waals surface area contributed by atoms with Gasteiger partial charge in [0.1, 0.15) is 36.4 Å². The Labute approximate surface area is 206 Å². The lowest BCUT2D eigenvalue weighted by atomic mass is 10.2. The smallest absolute Gasteiger partial charge is 0.264 e. The number of aromatic nitrogens is 4. The molecule has 0 fully saturated rings. The SMILES string of the molecule is COc1ccc(-n2ncc3c(=O)n(CC(=O)Nc4ccc(OCc5ccccc5)cc4)cnc32)cc1. The van der Waals surface area contributed by atoms with Crippen LogP contribution in [-0.4, -0.2) is 32.3 Å². The van der Waals surface area contributed by atoms with E-state index in [9.17, 15) is 9.59 Å². The van der Waals surface area contributed by atoms with E-state index in [0.717, 1.165) is 11.3 Å². The lowest BCUT2D eigenvalue weighted by Gasteiger charge is -2.10. The van der Waals surface area contributed by atoms with Crippen molar-refractivity contribution in [1.29, 1.82) is 0 Å². The fraction of sp³-hybridized carbons (Fsp3) is 0.111. The standard InChI is InChI=1S/C27H23N5O4/c1-35-22-13-9-21(10-14-22)32-26-24(15-29-32)27(34)31(18-28-26)16-25(33)30-20-7-11-23(12-8-20)36-17-19-5-3-2-4-6-19/h2-15,18H,16-17H2,1H3,(H,30,33). The Hall–Kier alpha value is -4.92. The molecule has 1 amide bonds. The number of rotatable bonds is 8. The molecule has 5 rings (SSSR count). The Morgan fingerprint density at radius 1 is 0.944 bits per heavy atom. The van der Waals surface area contributed by atoms with Crippen LogP contribution in [-0.2, 0) is 17.9 Å². The molecule has 0 saturated heterocycles. The summed E-state index contributed by atoms with van der Waals surface area (Å²) in [5, 5.41) is 7.41. The molecule has 36 heavy (non-hydrogen) atoms. The molecule has 1 N–H and O–H groups in total. The number of hydrogen-bond acceptors (Lipinski definition) is 6. The molecule has 180 valence electrons. The number of ether oxygens (including phenoxy) is 2. The van der Waals surface area contributed by atoms with E-state index < -0.39 is 0 Å². The van der Waals surface area contributed by atoms with Crippen LogP contribution in [0.15, 0.2) is 96.2 Å². The first-order valence-electron chi connectivity index (χ1n) is 11.2. The lowest BCUT2D eigenvalue weighted by molar-refractivity contribution is -0.116. The average Bonchev–Trinajstić information content (AvgIpc) is 3.35. The van der Waals surface area contributed by atoms with Crippen LogP contribution in [0.3, 0.4) is 0 Å². The monoisotopic (exact) mass is 481 g/mol. The average molecular weight is 482 g/mol. The molecule has 0 aliphatic carbocycles. The van der Waals surface area contributed by atoms with E-state index in [-0.39, 0.29) is 18.0 Å². The summed E-state index contributed by atoms with van der Waals surface area (Å²) in [7, 11) is 1.59. The predicted octanol–water partition coefficient (Wildman–Crippen LogP) is 3.81. The van der Waals surface area contributed by atoms with Gasteiger partial charge in [-0.1, -0.05) is 30.3 Å². The molecule has 0 aliphatic rings. The minimum absolute atomic E-state index is 0.179. The van der Waals surface area contributed by atoms with Crippen LogP contribution >= 0.6 is 0 Å². The zero-order valence-electron chi connectivity index (χ0n) is 19.5. The molecule has 2 aromatic heterocycles. The van der Waals surface area contributed by atoms with E-state index in [1.54, 1.807) is 48.2 Å². The summed E-state index contributed by atoms with van der Waals surface area (Å²) in [5.74, 6) is 1.06. The Bertz CT molecular complexity index is 1540. The number of anilines is 1. The number of carbonyl (C=O) groups is 1. The zero-order chi connectivity index (χ0) is 24.9. The van der Waals surface area contributed by atoms with Gasteiger partial charge in [0.2, 0.25) is 5.91 Å². The van der Waals surface area contributed by atoms with E-state index in [0.29, 0.717) is 34.8 Å². The molecule has 9 nitrogen and oxygen atoms in total. The molecule has 9 heteroatoms. The van der Waals surface area contributed by atoms with E-state index in [1.165, 1.54) is 17.1 Å². The maximum Gasteiger partial charge on any atom is 0.264 e. The fourth-order valence-electron chi connectivity index (χ4n) is 3.70. The summed E-state index contributed by atoms with van der Waals surface area (Å²) in [6, 6.07) is 24.2. The quantitative estimate of drug-likeness (QED) is 0.362. The van der Waals surface area contributed by atoms with Gasteiger partial charge in [-0.3, -0.25) is 14.2 Å². The van der Waals surface area contributed by atoms with Crippen molar-refractivity contribution < 1.29 is 14.3 Å². The Balaban J connectivity index is 1.24. The van der Waals surface area contributed by atoms with Crippen molar-refractivity contribution in [1.82, 2.24) is 19.3 Å². The van der Waals surface area contributed by atoms with Crippen LogP contribution in [0.5, 0.6) is 11.5 Å². The third-order valence-electron chi connectivity index (χ3n) is 5.57. The topological polar surface area (TPSA) is 100 Å². The van der Waals surface area contributed by atoms with Gasteiger partial charge in [-0.15, -0.1) is 0 Å². The first kappa shape index (κ1) is 22.9. The normalized spacial score (nSPS) is 10.8. The molecule has 2 heterocycles. The van der Waals surface area contributed by atoms with E-state index in [4.69, 9.17) is 9.47 Å². The Kier molecular flexibility index (Phi) is 6.44. The fourth-order valence-corrected chi connectivity index (χ4v) is 3.70. The van der Waals surface area contributed by atoms with Gasteiger partial charge in [0.05, 0.1) is 19.0 Å². The highest BCUT2D eigenvalue weighted by Gasteiger charge is 2.13. The maximum atomic E-state index is 12.9. The van der Waals surface area contributed by atoms with Crippen LogP contribution in [0.1, 0.15) is 5.56 Å². The first-order chi connectivity index (χ1) is 17.6. The van der Waals surface area contributed by atoms with Gasteiger partial charge in [-0.25, -0.2) is 9.67 Å². The third kappa shape index (κ3) is 4.95. The number of methoxy groups -OCH3 is 1. The number of benzene rings is 3. The number of nitrogens with zero attached hydrogens (tertiary/aromatic N) is 4. The summed E-state index contributed by atoms with van der Waals surface area (Å²) in [6.07, 6.45) is 2.81. The lowest BCUT2D eigenvalue weighted by Crippen LogP contribution is -2.27. The molecule has 0 saturated carbocycles. The summed E-state index contributed by atoms with van der Waals surface area (Å²) in [5.41, 5.74) is 2.47. The van der Waals surface area contributed by atoms with Gasteiger partial charge in [-0.05, 0) is 54.1 Å². The third-order valence-corrected chi connectivity index (χ3v) is 5.57. The molecule has 0 aliphatic heterocycles. The molecule has 0 radical (unpaired) electrons. The second kappa shape index (κ2) is 10.1. The zero-order valence-corrected chi connectivity index (χ0v) is 19.5. The Morgan fingerprint density at radius 2 is 1.67 bits per heavy atom. The molecule has 0 unspecified atom stereocenters. The van der Waals surface area contributed by atoms with E-state index in [2.05, 4.69) is 15.4 Å². The van der Waals surface area contributed by atoms with Crippen LogP contribution < -0.4 is 20.3 Å². The van der Waals surface area contributed by atoms with Gasteiger partial charge in [-0.2, -0.15) is 5.10 Å². The van der Waals surface area contributed by atoms with Crippen molar-refractivity contribution in [2.24, 2.45) is 0 Å². The van der Waals surface area contributed by atoms with Gasteiger partial charge < -0.3 is 14.8 Å². The summed E-state index contributed by atoms with van der Waals surface area (Å²) in [4.78, 5) is 29.9. The van der Waals surface area contributed by atoms with E-state index in [1.807, 2.05) is 42.5 Å². The minimum atomic E-state index is -0.348. The van der Waals surface area contributed by atoms with Gasteiger partial charge in [0.25, 0.3) is 5.56 Å². The van der Waals surface area contributed by atoms with Crippen LogP contribution in [0.2, 0.25) is 0 Å². The van der Waals surface area contributed by atoms with Crippen LogP contribution in [0.4, 0.5) is 5.69 Å². The van der Waals surface area contributed by atoms with Crippen molar-refractivity contribution >= 4 is 22.6 Å². The second-order valence-corrected chi connectivity index (χ2v) is 8.02.